The van der Waals surface area contributed by atoms with Crippen LogP contribution in [0.3, 0.4) is 0 Å². The van der Waals surface area contributed by atoms with Gasteiger partial charge in [0.1, 0.15) is 0 Å². The van der Waals surface area contributed by atoms with Gasteiger partial charge in [0, 0.05) is 41.4 Å². The van der Waals surface area contributed by atoms with Crippen molar-refractivity contribution in [2.24, 2.45) is 0 Å². The first-order valence-corrected chi connectivity index (χ1v) is 8.12. The smallest absolute Gasteiger partial charge is 0.257 e. The van der Waals surface area contributed by atoms with Crippen LogP contribution in [0.4, 0.5) is 11.4 Å². The molecule has 0 bridgehead atoms. The number of fused-ring (bicyclic) bond motifs is 1. The number of piperazine rings is 1. The van der Waals surface area contributed by atoms with E-state index >= 15 is 0 Å². The summed E-state index contributed by atoms with van der Waals surface area (Å²) in [4.78, 5) is 16.4. The largest absolute Gasteiger partial charge is 0.378 e. The quantitative estimate of drug-likeness (QED) is 0.853. The first-order chi connectivity index (χ1) is 10.0. The molecular formula is C15H20BrN3O2. The molecule has 2 aliphatic heterocycles. The minimum atomic E-state index is -1.05. The summed E-state index contributed by atoms with van der Waals surface area (Å²) in [5.41, 5.74) is 2.44. The van der Waals surface area contributed by atoms with Gasteiger partial charge in [-0.05, 0) is 41.5 Å². The van der Waals surface area contributed by atoms with Gasteiger partial charge in [-0.3, -0.25) is 9.69 Å². The van der Waals surface area contributed by atoms with Crippen LogP contribution in [0.2, 0.25) is 0 Å². The molecule has 0 spiro atoms. The molecule has 21 heavy (non-hydrogen) atoms. The predicted octanol–water partition coefficient (Wildman–Crippen LogP) is 1.96. The topological polar surface area (TPSA) is 55.8 Å². The number of benzene rings is 1. The molecule has 0 saturated carbocycles. The van der Waals surface area contributed by atoms with E-state index in [9.17, 15) is 9.90 Å². The third kappa shape index (κ3) is 2.56. The van der Waals surface area contributed by atoms with Gasteiger partial charge in [0.2, 0.25) is 0 Å². The van der Waals surface area contributed by atoms with Crippen LogP contribution in [0.5, 0.6) is 0 Å². The van der Waals surface area contributed by atoms with E-state index in [2.05, 4.69) is 44.9 Å². The fourth-order valence-corrected chi connectivity index (χ4v) is 3.79. The van der Waals surface area contributed by atoms with E-state index in [0.717, 1.165) is 42.0 Å². The Morgan fingerprint density at radius 1 is 1.43 bits per heavy atom. The van der Waals surface area contributed by atoms with Crippen molar-refractivity contribution in [3.8, 4) is 0 Å². The summed E-state index contributed by atoms with van der Waals surface area (Å²) in [5, 5.41) is 12.6. The Morgan fingerprint density at radius 3 is 2.86 bits per heavy atom. The second-order valence-corrected chi connectivity index (χ2v) is 6.56. The van der Waals surface area contributed by atoms with Crippen LogP contribution in [0.1, 0.15) is 25.5 Å². The number of aliphatic hydroxyl groups excluding tert-OH is 1. The van der Waals surface area contributed by atoms with Gasteiger partial charge in [-0.1, -0.05) is 6.92 Å². The van der Waals surface area contributed by atoms with Crippen LogP contribution in [-0.4, -0.2) is 48.1 Å². The predicted molar refractivity (Wildman–Crippen MR) is 86.7 cm³/mol. The Balaban J connectivity index is 1.88. The van der Waals surface area contributed by atoms with Gasteiger partial charge >= 0.3 is 0 Å². The molecule has 2 heterocycles. The molecule has 2 N–H and O–H groups in total. The lowest BCUT2D eigenvalue weighted by molar-refractivity contribution is -0.123. The van der Waals surface area contributed by atoms with E-state index in [1.807, 2.05) is 12.1 Å². The fraction of sp³-hybridized carbons (Fsp3) is 0.533. The number of carbonyl (C=O) groups is 1. The Kier molecular flexibility index (Phi) is 3.94. The Morgan fingerprint density at radius 2 is 2.19 bits per heavy atom. The third-order valence-corrected chi connectivity index (χ3v) is 5.07. The van der Waals surface area contributed by atoms with E-state index in [0.29, 0.717) is 11.6 Å². The van der Waals surface area contributed by atoms with Crippen molar-refractivity contribution in [1.29, 1.82) is 0 Å². The molecule has 2 aliphatic rings. The van der Waals surface area contributed by atoms with Crippen LogP contribution in [0.25, 0.3) is 0 Å². The summed E-state index contributed by atoms with van der Waals surface area (Å²) < 4.78 is 0.925. The summed E-state index contributed by atoms with van der Waals surface area (Å²) >= 11 is 3.58. The zero-order chi connectivity index (χ0) is 15.1. The normalized spacial score (nSPS) is 25.9. The number of hydrogen-bond acceptors (Lipinski definition) is 4. The van der Waals surface area contributed by atoms with Crippen molar-refractivity contribution < 1.29 is 9.90 Å². The molecule has 1 amide bonds. The monoisotopic (exact) mass is 353 g/mol. The summed E-state index contributed by atoms with van der Waals surface area (Å²) in [5.74, 6) is -0.349. The SMILES string of the molecule is CCN1CCN(c2cc3c(cc2Br)C(O)C(=O)N3)CC1C. The van der Waals surface area contributed by atoms with Gasteiger partial charge in [0.05, 0.1) is 5.69 Å². The summed E-state index contributed by atoms with van der Waals surface area (Å²) in [6.07, 6.45) is -1.05. The fourth-order valence-electron chi connectivity index (χ4n) is 3.18. The van der Waals surface area contributed by atoms with Crippen molar-refractivity contribution in [3.63, 3.8) is 0 Å². The standard InChI is InChI=1S/C15H20BrN3O2/c1-3-18-4-5-19(8-9(18)2)13-7-12-10(6-11(13)16)14(20)15(21)17-12/h6-7,9,14,20H,3-5,8H2,1-2H3,(H,17,21). The number of aliphatic hydroxyl groups is 1. The molecule has 1 aromatic carbocycles. The number of anilines is 2. The molecule has 0 radical (unpaired) electrons. The zero-order valence-electron chi connectivity index (χ0n) is 12.3. The van der Waals surface area contributed by atoms with Crippen LogP contribution in [-0.2, 0) is 4.79 Å². The van der Waals surface area contributed by atoms with Crippen LogP contribution in [0, 0.1) is 0 Å². The minimum Gasteiger partial charge on any atom is -0.378 e. The first kappa shape index (κ1) is 14.8. The number of halogens is 1. The van der Waals surface area contributed by atoms with Gasteiger partial charge in [0.15, 0.2) is 6.10 Å². The molecule has 0 aromatic heterocycles. The highest BCUT2D eigenvalue weighted by Crippen LogP contribution is 2.39. The maximum Gasteiger partial charge on any atom is 0.257 e. The van der Waals surface area contributed by atoms with Crippen molar-refractivity contribution in [2.75, 3.05) is 36.4 Å². The van der Waals surface area contributed by atoms with Crippen LogP contribution < -0.4 is 10.2 Å². The van der Waals surface area contributed by atoms with Gasteiger partial charge in [-0.25, -0.2) is 0 Å². The molecule has 0 aliphatic carbocycles. The second kappa shape index (κ2) is 5.59. The Bertz CT molecular complexity index is 578. The number of amides is 1. The van der Waals surface area contributed by atoms with Crippen molar-refractivity contribution in [3.05, 3.63) is 22.2 Å². The van der Waals surface area contributed by atoms with Crippen LogP contribution in [0.15, 0.2) is 16.6 Å². The lowest BCUT2D eigenvalue weighted by Gasteiger charge is -2.41. The second-order valence-electron chi connectivity index (χ2n) is 5.71. The average Bonchev–Trinajstić information content (AvgIpc) is 2.73. The van der Waals surface area contributed by atoms with Crippen LogP contribution >= 0.6 is 15.9 Å². The zero-order valence-corrected chi connectivity index (χ0v) is 13.9. The number of likely N-dealkylation sites (N-methyl/N-ethyl adjacent to an activating group) is 1. The van der Waals surface area contributed by atoms with E-state index in [1.165, 1.54) is 0 Å². The molecule has 2 atom stereocenters. The highest BCUT2D eigenvalue weighted by molar-refractivity contribution is 9.10. The lowest BCUT2D eigenvalue weighted by atomic mass is 10.1. The van der Waals surface area contributed by atoms with E-state index in [4.69, 9.17) is 0 Å². The molecule has 3 rings (SSSR count). The summed E-state index contributed by atoms with van der Waals surface area (Å²) in [7, 11) is 0. The minimum absolute atomic E-state index is 0.349. The van der Waals surface area contributed by atoms with Gasteiger partial charge < -0.3 is 15.3 Å². The van der Waals surface area contributed by atoms with Gasteiger partial charge in [-0.15, -0.1) is 0 Å². The van der Waals surface area contributed by atoms with Gasteiger partial charge in [0.25, 0.3) is 5.91 Å². The molecule has 114 valence electrons. The molecule has 1 saturated heterocycles. The van der Waals surface area contributed by atoms with Crippen molar-refractivity contribution in [2.45, 2.75) is 26.0 Å². The maximum atomic E-state index is 11.6. The molecular weight excluding hydrogens is 334 g/mol. The summed E-state index contributed by atoms with van der Waals surface area (Å²) in [6.45, 7) is 8.46. The third-order valence-electron chi connectivity index (χ3n) is 4.43. The molecule has 6 heteroatoms. The highest BCUT2D eigenvalue weighted by atomic mass is 79.9. The van der Waals surface area contributed by atoms with E-state index < -0.39 is 6.10 Å². The van der Waals surface area contributed by atoms with Gasteiger partial charge in [-0.2, -0.15) is 0 Å². The molecule has 2 unspecified atom stereocenters. The Labute approximate surface area is 133 Å². The molecule has 1 fully saturated rings. The number of nitrogens with one attached hydrogen (secondary N) is 1. The van der Waals surface area contributed by atoms with Crippen molar-refractivity contribution >= 4 is 33.2 Å². The number of carbonyl (C=O) groups excluding carboxylic acids is 1. The number of hydrogen-bond donors (Lipinski definition) is 2. The lowest BCUT2D eigenvalue weighted by Crippen LogP contribution is -2.51. The number of nitrogens with zero attached hydrogens (tertiary/aromatic N) is 2. The van der Waals surface area contributed by atoms with Crippen molar-refractivity contribution in [1.82, 2.24) is 4.90 Å². The molecule has 5 nitrogen and oxygen atoms in total. The van der Waals surface area contributed by atoms with E-state index in [-0.39, 0.29) is 5.91 Å². The number of rotatable bonds is 2. The average molecular weight is 354 g/mol. The maximum absolute atomic E-state index is 11.6. The Hall–Kier alpha value is -1.11. The molecule has 1 aromatic rings. The summed E-state index contributed by atoms with van der Waals surface area (Å²) in [6, 6.07) is 4.32. The highest BCUT2D eigenvalue weighted by Gasteiger charge is 2.31. The van der Waals surface area contributed by atoms with E-state index in [1.54, 1.807) is 0 Å². The first-order valence-electron chi connectivity index (χ1n) is 7.32.